The maximum atomic E-state index is 11.7. The molecule has 3 nitrogen and oxygen atoms in total. The van der Waals surface area contributed by atoms with Crippen molar-refractivity contribution in [3.8, 4) is 0 Å². The smallest absolute Gasteiger partial charge is 0.227 e. The molecule has 1 N–H and O–H groups in total. The van der Waals surface area contributed by atoms with Crippen LogP contribution in [0.2, 0.25) is 0 Å². The van der Waals surface area contributed by atoms with Crippen molar-refractivity contribution >= 4 is 17.9 Å². The van der Waals surface area contributed by atoms with Crippen LogP contribution in [0.4, 0.5) is 5.69 Å². The molecule has 0 atom stereocenters. The van der Waals surface area contributed by atoms with E-state index in [2.05, 4.69) is 5.32 Å². The molecule has 1 rings (SSSR count). The van der Waals surface area contributed by atoms with Crippen LogP contribution in [0.5, 0.6) is 0 Å². The van der Waals surface area contributed by atoms with E-state index in [1.165, 1.54) is 0 Å². The van der Waals surface area contributed by atoms with Crippen molar-refractivity contribution in [1.29, 1.82) is 0 Å². The Balaban J connectivity index is 2.65. The van der Waals surface area contributed by atoms with Crippen LogP contribution in [-0.4, -0.2) is 12.2 Å². The highest BCUT2D eigenvalue weighted by Gasteiger charge is 2.13. The number of hydrogen-bond donors (Lipinski definition) is 1. The standard InChI is InChI=1S/C13H17NO2/c1-3-11(4-2)13(16)14-12-7-5-10(9-15)6-8-12/h5-9,11H,3-4H2,1-2H3,(H,14,16). The van der Waals surface area contributed by atoms with E-state index in [1.807, 2.05) is 13.8 Å². The zero-order valence-corrected chi connectivity index (χ0v) is 9.69. The molecule has 0 spiro atoms. The number of nitrogens with one attached hydrogen (secondary N) is 1. The van der Waals surface area contributed by atoms with E-state index >= 15 is 0 Å². The van der Waals surface area contributed by atoms with E-state index in [-0.39, 0.29) is 11.8 Å². The van der Waals surface area contributed by atoms with Gasteiger partial charge < -0.3 is 5.32 Å². The molecular weight excluding hydrogens is 202 g/mol. The fourth-order valence-electron chi connectivity index (χ4n) is 1.55. The number of carbonyl (C=O) groups excluding carboxylic acids is 2. The molecule has 0 aromatic heterocycles. The fraction of sp³-hybridized carbons (Fsp3) is 0.385. The summed E-state index contributed by atoms with van der Waals surface area (Å²) in [6.45, 7) is 4.01. The van der Waals surface area contributed by atoms with Crippen LogP contribution in [0.25, 0.3) is 0 Å². The molecule has 0 heterocycles. The van der Waals surface area contributed by atoms with Crippen molar-refractivity contribution in [3.63, 3.8) is 0 Å². The van der Waals surface area contributed by atoms with Crippen LogP contribution in [0.1, 0.15) is 37.0 Å². The summed E-state index contributed by atoms with van der Waals surface area (Å²) in [6, 6.07) is 6.86. The van der Waals surface area contributed by atoms with Gasteiger partial charge in [0.05, 0.1) is 0 Å². The Morgan fingerprint density at radius 1 is 1.25 bits per heavy atom. The molecule has 0 aliphatic heterocycles. The Morgan fingerprint density at radius 3 is 2.25 bits per heavy atom. The normalized spacial score (nSPS) is 10.2. The minimum Gasteiger partial charge on any atom is -0.326 e. The summed E-state index contributed by atoms with van der Waals surface area (Å²) in [4.78, 5) is 22.2. The Hall–Kier alpha value is -1.64. The van der Waals surface area contributed by atoms with Crippen molar-refractivity contribution < 1.29 is 9.59 Å². The summed E-state index contributed by atoms with van der Waals surface area (Å²) >= 11 is 0. The number of aldehydes is 1. The molecule has 86 valence electrons. The second-order valence-corrected chi connectivity index (χ2v) is 3.74. The first kappa shape index (κ1) is 12.4. The monoisotopic (exact) mass is 219 g/mol. The first-order valence-electron chi connectivity index (χ1n) is 5.57. The molecule has 16 heavy (non-hydrogen) atoms. The number of anilines is 1. The molecule has 0 aliphatic carbocycles. The van der Waals surface area contributed by atoms with Gasteiger partial charge in [-0.15, -0.1) is 0 Å². The van der Waals surface area contributed by atoms with Gasteiger partial charge in [-0.2, -0.15) is 0 Å². The molecule has 1 aromatic rings. The quantitative estimate of drug-likeness (QED) is 0.774. The van der Waals surface area contributed by atoms with E-state index in [0.717, 1.165) is 24.8 Å². The highest BCUT2D eigenvalue weighted by atomic mass is 16.1. The SMILES string of the molecule is CCC(CC)C(=O)Nc1ccc(C=O)cc1. The van der Waals surface area contributed by atoms with Crippen molar-refractivity contribution in [2.75, 3.05) is 5.32 Å². The molecule has 0 saturated carbocycles. The second-order valence-electron chi connectivity index (χ2n) is 3.74. The van der Waals surface area contributed by atoms with Gasteiger partial charge in [0.2, 0.25) is 5.91 Å². The summed E-state index contributed by atoms with van der Waals surface area (Å²) in [5.41, 5.74) is 1.35. The average Bonchev–Trinajstić information content (AvgIpc) is 2.31. The first-order chi connectivity index (χ1) is 7.71. The molecule has 0 aliphatic rings. The lowest BCUT2D eigenvalue weighted by atomic mass is 10.0. The Kier molecular flexibility index (Phi) is 4.70. The van der Waals surface area contributed by atoms with Crippen LogP contribution < -0.4 is 5.32 Å². The van der Waals surface area contributed by atoms with Crippen molar-refractivity contribution in [1.82, 2.24) is 0 Å². The van der Waals surface area contributed by atoms with Gasteiger partial charge in [-0.1, -0.05) is 13.8 Å². The average molecular weight is 219 g/mol. The highest BCUT2D eigenvalue weighted by Crippen LogP contribution is 2.13. The largest absolute Gasteiger partial charge is 0.326 e. The third-order valence-electron chi connectivity index (χ3n) is 2.67. The molecule has 3 heteroatoms. The number of amides is 1. The summed E-state index contributed by atoms with van der Waals surface area (Å²) in [7, 11) is 0. The first-order valence-corrected chi connectivity index (χ1v) is 5.57. The van der Waals surface area contributed by atoms with Crippen LogP contribution in [0, 0.1) is 5.92 Å². The molecule has 0 radical (unpaired) electrons. The van der Waals surface area contributed by atoms with Gasteiger partial charge in [0.1, 0.15) is 6.29 Å². The van der Waals surface area contributed by atoms with Gasteiger partial charge in [-0.25, -0.2) is 0 Å². The van der Waals surface area contributed by atoms with Crippen LogP contribution in [0.3, 0.4) is 0 Å². The predicted molar refractivity (Wildman–Crippen MR) is 64.5 cm³/mol. The molecular formula is C13H17NO2. The van der Waals surface area contributed by atoms with E-state index < -0.39 is 0 Å². The zero-order chi connectivity index (χ0) is 12.0. The number of rotatable bonds is 5. The topological polar surface area (TPSA) is 46.2 Å². The summed E-state index contributed by atoms with van der Waals surface area (Å²) in [5, 5.41) is 2.84. The molecule has 1 amide bonds. The molecule has 0 fully saturated rings. The van der Waals surface area contributed by atoms with Gasteiger partial charge in [0, 0.05) is 17.2 Å². The van der Waals surface area contributed by atoms with Crippen molar-refractivity contribution in [3.05, 3.63) is 29.8 Å². The Labute approximate surface area is 95.9 Å². The summed E-state index contributed by atoms with van der Waals surface area (Å²) in [5.74, 6) is 0.106. The maximum Gasteiger partial charge on any atom is 0.227 e. The van der Waals surface area contributed by atoms with E-state index in [4.69, 9.17) is 0 Å². The second kappa shape index (κ2) is 6.05. The molecule has 0 saturated heterocycles. The third-order valence-corrected chi connectivity index (χ3v) is 2.67. The number of hydrogen-bond acceptors (Lipinski definition) is 2. The Bertz CT molecular complexity index is 353. The minimum atomic E-state index is 0.0452. The van der Waals surface area contributed by atoms with Crippen molar-refractivity contribution in [2.45, 2.75) is 26.7 Å². The lowest BCUT2D eigenvalue weighted by Gasteiger charge is -2.12. The van der Waals surface area contributed by atoms with Gasteiger partial charge in [-0.3, -0.25) is 9.59 Å². The number of benzene rings is 1. The van der Waals surface area contributed by atoms with Crippen LogP contribution >= 0.6 is 0 Å². The highest BCUT2D eigenvalue weighted by molar-refractivity contribution is 5.92. The number of carbonyl (C=O) groups is 2. The van der Waals surface area contributed by atoms with Gasteiger partial charge in [0.25, 0.3) is 0 Å². The zero-order valence-electron chi connectivity index (χ0n) is 9.69. The Morgan fingerprint density at radius 2 is 1.81 bits per heavy atom. The van der Waals surface area contributed by atoms with E-state index in [0.29, 0.717) is 5.56 Å². The predicted octanol–water partition coefficient (Wildman–Crippen LogP) is 2.87. The van der Waals surface area contributed by atoms with Gasteiger partial charge >= 0.3 is 0 Å². The minimum absolute atomic E-state index is 0.0452. The summed E-state index contributed by atoms with van der Waals surface area (Å²) in [6.07, 6.45) is 2.47. The lowest BCUT2D eigenvalue weighted by molar-refractivity contribution is -0.120. The maximum absolute atomic E-state index is 11.7. The van der Waals surface area contributed by atoms with Crippen LogP contribution in [0.15, 0.2) is 24.3 Å². The van der Waals surface area contributed by atoms with E-state index in [9.17, 15) is 9.59 Å². The van der Waals surface area contributed by atoms with Crippen LogP contribution in [-0.2, 0) is 4.79 Å². The van der Waals surface area contributed by atoms with E-state index in [1.54, 1.807) is 24.3 Å². The molecule has 1 aromatic carbocycles. The fourth-order valence-corrected chi connectivity index (χ4v) is 1.55. The van der Waals surface area contributed by atoms with Gasteiger partial charge in [0.15, 0.2) is 0 Å². The van der Waals surface area contributed by atoms with Crippen molar-refractivity contribution in [2.24, 2.45) is 5.92 Å². The summed E-state index contributed by atoms with van der Waals surface area (Å²) < 4.78 is 0. The third kappa shape index (κ3) is 3.19. The van der Waals surface area contributed by atoms with Gasteiger partial charge in [-0.05, 0) is 37.1 Å². The molecule has 0 bridgehead atoms. The lowest BCUT2D eigenvalue weighted by Crippen LogP contribution is -2.21. The molecule has 0 unspecified atom stereocenters.